The van der Waals surface area contributed by atoms with E-state index in [-0.39, 0.29) is 25.0 Å². The number of hydrogen-bond donors (Lipinski definition) is 0. The number of nitrogens with zero attached hydrogens (tertiary/aromatic N) is 2. The summed E-state index contributed by atoms with van der Waals surface area (Å²) in [6.45, 7) is 0.708. The van der Waals surface area contributed by atoms with Crippen LogP contribution in [0.25, 0.3) is 0 Å². The standard InChI is InChI=1S/C26H22N2O4/c29-24-21-12-6-7-13-22(21)25(30)28(24)16-23-20-11-5-4-10-19(20)14-15-27(23)26(31)32-17-18-8-2-1-3-9-18/h1-13,23H,14-17H2/t23-/m1/s1. The topological polar surface area (TPSA) is 66.9 Å². The number of fused-ring (bicyclic) bond motifs is 2. The third-order valence-electron chi connectivity index (χ3n) is 6.09. The van der Waals surface area contributed by atoms with Crippen molar-refractivity contribution in [2.75, 3.05) is 13.1 Å². The lowest BCUT2D eigenvalue weighted by Crippen LogP contribution is -2.46. The highest BCUT2D eigenvalue weighted by molar-refractivity contribution is 6.21. The predicted molar refractivity (Wildman–Crippen MR) is 118 cm³/mol. The Morgan fingerprint density at radius 3 is 2.19 bits per heavy atom. The first-order chi connectivity index (χ1) is 15.6. The van der Waals surface area contributed by atoms with E-state index in [1.54, 1.807) is 29.2 Å². The second kappa shape index (κ2) is 8.30. The van der Waals surface area contributed by atoms with Gasteiger partial charge >= 0.3 is 6.09 Å². The highest BCUT2D eigenvalue weighted by Gasteiger charge is 2.40. The molecule has 3 amide bonds. The van der Waals surface area contributed by atoms with Crippen LogP contribution >= 0.6 is 0 Å². The molecule has 0 unspecified atom stereocenters. The van der Waals surface area contributed by atoms with Crippen LogP contribution in [0, 0.1) is 0 Å². The molecule has 1 atom stereocenters. The maximum Gasteiger partial charge on any atom is 0.410 e. The van der Waals surface area contributed by atoms with Crippen LogP contribution in [0.2, 0.25) is 0 Å². The summed E-state index contributed by atoms with van der Waals surface area (Å²) >= 11 is 0. The summed E-state index contributed by atoms with van der Waals surface area (Å²) in [7, 11) is 0. The minimum absolute atomic E-state index is 0.0871. The first-order valence-electron chi connectivity index (χ1n) is 10.6. The number of carbonyl (C=O) groups excluding carboxylic acids is 3. The van der Waals surface area contributed by atoms with Gasteiger partial charge in [-0.15, -0.1) is 0 Å². The second-order valence-corrected chi connectivity index (χ2v) is 7.96. The Kier molecular flexibility index (Phi) is 5.19. The lowest BCUT2D eigenvalue weighted by molar-refractivity contribution is 0.0504. The summed E-state index contributed by atoms with van der Waals surface area (Å²) in [6.07, 6.45) is 0.236. The Hall–Kier alpha value is -3.93. The van der Waals surface area contributed by atoms with E-state index in [0.717, 1.165) is 16.7 Å². The van der Waals surface area contributed by atoms with Crippen molar-refractivity contribution in [1.82, 2.24) is 9.80 Å². The van der Waals surface area contributed by atoms with Gasteiger partial charge in [-0.1, -0.05) is 66.7 Å². The Balaban J connectivity index is 1.41. The first-order valence-corrected chi connectivity index (χ1v) is 10.6. The number of imide groups is 1. The summed E-state index contributed by atoms with van der Waals surface area (Å²) in [6, 6.07) is 23.7. The van der Waals surface area contributed by atoms with Crippen LogP contribution in [0.3, 0.4) is 0 Å². The van der Waals surface area contributed by atoms with Crippen molar-refractivity contribution in [2.45, 2.75) is 19.1 Å². The fourth-order valence-corrected chi connectivity index (χ4v) is 4.45. The van der Waals surface area contributed by atoms with Gasteiger partial charge in [0.2, 0.25) is 0 Å². The van der Waals surface area contributed by atoms with Crippen LogP contribution in [-0.2, 0) is 17.8 Å². The van der Waals surface area contributed by atoms with Crippen LogP contribution in [0.5, 0.6) is 0 Å². The molecule has 3 aromatic carbocycles. The molecular weight excluding hydrogens is 404 g/mol. The van der Waals surface area contributed by atoms with Crippen LogP contribution in [0.1, 0.15) is 43.4 Å². The second-order valence-electron chi connectivity index (χ2n) is 7.96. The van der Waals surface area contributed by atoms with E-state index in [4.69, 9.17) is 4.74 Å². The van der Waals surface area contributed by atoms with Crippen molar-refractivity contribution < 1.29 is 19.1 Å². The normalized spacial score (nSPS) is 17.2. The van der Waals surface area contributed by atoms with E-state index in [1.807, 2.05) is 54.6 Å². The van der Waals surface area contributed by atoms with Crippen molar-refractivity contribution in [3.05, 3.63) is 107 Å². The summed E-state index contributed by atoms with van der Waals surface area (Å²) in [5, 5.41) is 0. The van der Waals surface area contributed by atoms with Crippen molar-refractivity contribution >= 4 is 17.9 Å². The van der Waals surface area contributed by atoms with Crippen LogP contribution in [-0.4, -0.2) is 40.8 Å². The Labute approximate surface area is 186 Å². The Morgan fingerprint density at radius 2 is 1.47 bits per heavy atom. The van der Waals surface area contributed by atoms with E-state index in [1.165, 1.54) is 4.90 Å². The average molecular weight is 426 g/mol. The molecule has 32 heavy (non-hydrogen) atoms. The highest BCUT2D eigenvalue weighted by atomic mass is 16.6. The zero-order valence-corrected chi connectivity index (χ0v) is 17.4. The van der Waals surface area contributed by atoms with Crippen molar-refractivity contribution in [3.8, 4) is 0 Å². The molecule has 6 heteroatoms. The summed E-state index contributed by atoms with van der Waals surface area (Å²) < 4.78 is 5.59. The van der Waals surface area contributed by atoms with Crippen molar-refractivity contribution in [3.63, 3.8) is 0 Å². The molecule has 2 aliphatic rings. The molecule has 0 saturated carbocycles. The predicted octanol–water partition coefficient (Wildman–Crippen LogP) is 4.22. The van der Waals surface area contributed by atoms with Gasteiger partial charge in [-0.3, -0.25) is 19.4 Å². The largest absolute Gasteiger partial charge is 0.445 e. The average Bonchev–Trinajstić information content (AvgIpc) is 3.08. The third-order valence-corrected chi connectivity index (χ3v) is 6.09. The van der Waals surface area contributed by atoms with Gasteiger partial charge in [0, 0.05) is 6.54 Å². The van der Waals surface area contributed by atoms with E-state index in [0.29, 0.717) is 24.1 Å². The van der Waals surface area contributed by atoms with E-state index in [2.05, 4.69) is 0 Å². The number of benzene rings is 3. The quantitative estimate of drug-likeness (QED) is 0.586. The molecule has 0 saturated heterocycles. The zero-order chi connectivity index (χ0) is 22.1. The Bertz CT molecular complexity index is 1160. The van der Waals surface area contributed by atoms with Crippen molar-refractivity contribution in [2.24, 2.45) is 0 Å². The van der Waals surface area contributed by atoms with Crippen LogP contribution < -0.4 is 0 Å². The molecule has 0 bridgehead atoms. The van der Waals surface area contributed by atoms with Crippen LogP contribution in [0.15, 0.2) is 78.9 Å². The molecule has 2 aliphatic heterocycles. The molecule has 0 spiro atoms. The van der Waals surface area contributed by atoms with E-state index >= 15 is 0 Å². The number of carbonyl (C=O) groups is 3. The number of rotatable bonds is 4. The lowest BCUT2D eigenvalue weighted by Gasteiger charge is -2.38. The molecular formula is C26H22N2O4. The van der Waals surface area contributed by atoms with Gasteiger partial charge in [0.15, 0.2) is 0 Å². The molecule has 160 valence electrons. The molecule has 3 aromatic rings. The Morgan fingerprint density at radius 1 is 0.844 bits per heavy atom. The molecule has 6 nitrogen and oxygen atoms in total. The van der Waals surface area contributed by atoms with Gasteiger partial charge in [0.1, 0.15) is 6.61 Å². The molecule has 5 rings (SSSR count). The molecule has 0 aliphatic carbocycles. The molecule has 0 radical (unpaired) electrons. The van der Waals surface area contributed by atoms with E-state index in [9.17, 15) is 14.4 Å². The smallest absolute Gasteiger partial charge is 0.410 e. The van der Waals surface area contributed by atoms with Gasteiger partial charge in [-0.25, -0.2) is 4.79 Å². The van der Waals surface area contributed by atoms with Gasteiger partial charge < -0.3 is 4.74 Å². The van der Waals surface area contributed by atoms with Gasteiger partial charge in [0.25, 0.3) is 11.8 Å². The molecule has 0 aromatic heterocycles. The fraction of sp³-hybridized carbons (Fsp3) is 0.192. The minimum atomic E-state index is -0.467. The molecule has 0 fully saturated rings. The number of amides is 3. The molecule has 2 heterocycles. The van der Waals surface area contributed by atoms with Gasteiger partial charge in [-0.05, 0) is 35.2 Å². The third kappa shape index (κ3) is 3.54. The van der Waals surface area contributed by atoms with Crippen molar-refractivity contribution in [1.29, 1.82) is 0 Å². The summed E-state index contributed by atoms with van der Waals surface area (Å²) in [5.74, 6) is -0.655. The highest BCUT2D eigenvalue weighted by Crippen LogP contribution is 2.33. The monoisotopic (exact) mass is 426 g/mol. The fourth-order valence-electron chi connectivity index (χ4n) is 4.45. The van der Waals surface area contributed by atoms with Gasteiger partial charge in [0.05, 0.1) is 23.7 Å². The van der Waals surface area contributed by atoms with Gasteiger partial charge in [-0.2, -0.15) is 0 Å². The maximum atomic E-state index is 13.1. The first kappa shape index (κ1) is 20.0. The maximum absolute atomic E-state index is 13.1. The summed E-state index contributed by atoms with van der Waals surface area (Å²) in [4.78, 5) is 41.8. The SMILES string of the molecule is O=C1c2ccccc2C(=O)N1C[C@@H]1c2ccccc2CCN1C(=O)OCc1ccccc1. The number of ether oxygens (including phenoxy) is 1. The molecule has 0 N–H and O–H groups in total. The summed E-state index contributed by atoms with van der Waals surface area (Å²) in [5.41, 5.74) is 3.75. The minimum Gasteiger partial charge on any atom is -0.445 e. The zero-order valence-electron chi connectivity index (χ0n) is 17.4. The van der Waals surface area contributed by atoms with Crippen LogP contribution in [0.4, 0.5) is 4.79 Å². The lowest BCUT2D eigenvalue weighted by atomic mass is 9.92. The van der Waals surface area contributed by atoms with E-state index < -0.39 is 12.1 Å². The number of hydrogen-bond acceptors (Lipinski definition) is 4.